The number of hydrogen-bond acceptors (Lipinski definition) is 5. The Kier molecular flexibility index (Phi) is 4.77. The molecule has 0 aliphatic rings. The van der Waals surface area contributed by atoms with Crippen molar-refractivity contribution in [2.24, 2.45) is 0 Å². The van der Waals surface area contributed by atoms with Gasteiger partial charge >= 0.3 is 5.97 Å². The number of nitrogens with one attached hydrogen (secondary N) is 1. The second-order valence-corrected chi connectivity index (χ2v) is 5.69. The van der Waals surface area contributed by atoms with Crippen molar-refractivity contribution in [2.75, 3.05) is 7.11 Å². The monoisotopic (exact) mass is 320 g/mol. The summed E-state index contributed by atoms with van der Waals surface area (Å²) < 4.78 is 5.10. The highest BCUT2D eigenvalue weighted by molar-refractivity contribution is 7.17. The Labute approximate surface area is 131 Å². The summed E-state index contributed by atoms with van der Waals surface area (Å²) in [5.41, 5.74) is 1.45. The third-order valence-electron chi connectivity index (χ3n) is 3.06. The van der Waals surface area contributed by atoms with Gasteiger partial charge in [-0.3, -0.25) is 9.59 Å². The lowest BCUT2D eigenvalue weighted by Crippen LogP contribution is -2.38. The van der Waals surface area contributed by atoms with Gasteiger partial charge in [-0.05, 0) is 38.1 Å². The topological polar surface area (TPSA) is 88.5 Å². The van der Waals surface area contributed by atoms with Gasteiger partial charge in [-0.15, -0.1) is 11.3 Å². The fraction of sp³-hybridized carbons (Fsp3) is 0.267. The zero-order valence-electron chi connectivity index (χ0n) is 12.4. The van der Waals surface area contributed by atoms with Gasteiger partial charge in [0, 0.05) is 5.56 Å². The van der Waals surface area contributed by atoms with Gasteiger partial charge < -0.3 is 15.2 Å². The maximum atomic E-state index is 12.1. The summed E-state index contributed by atoms with van der Waals surface area (Å²) in [5, 5.41) is 12.0. The first-order valence-electron chi connectivity index (χ1n) is 6.58. The molecule has 0 saturated heterocycles. The van der Waals surface area contributed by atoms with E-state index < -0.39 is 17.9 Å². The molecule has 0 fully saturated rings. The van der Waals surface area contributed by atoms with Crippen LogP contribution < -0.4 is 10.1 Å². The number of nitrogens with zero attached hydrogens (tertiary/aromatic N) is 1. The minimum Gasteiger partial charge on any atom is -0.497 e. The number of thiazole rings is 1. The Morgan fingerprint density at radius 3 is 2.50 bits per heavy atom. The average Bonchev–Trinajstić information content (AvgIpc) is 2.89. The fourth-order valence-corrected chi connectivity index (χ4v) is 2.76. The molecule has 0 bridgehead atoms. The number of aromatic nitrogens is 1. The highest BCUT2D eigenvalue weighted by Crippen LogP contribution is 2.29. The summed E-state index contributed by atoms with van der Waals surface area (Å²) >= 11 is 1.23. The molecule has 0 spiro atoms. The van der Waals surface area contributed by atoms with Crippen LogP contribution in [0, 0.1) is 6.92 Å². The van der Waals surface area contributed by atoms with E-state index in [1.165, 1.54) is 18.3 Å². The van der Waals surface area contributed by atoms with Gasteiger partial charge in [0.2, 0.25) is 0 Å². The third kappa shape index (κ3) is 3.43. The molecule has 1 heterocycles. The van der Waals surface area contributed by atoms with Gasteiger partial charge in [0.25, 0.3) is 5.91 Å². The Bertz CT molecular complexity index is 694. The summed E-state index contributed by atoms with van der Waals surface area (Å²) in [6, 6.07) is 6.41. The van der Waals surface area contributed by atoms with Crippen LogP contribution in [0.4, 0.5) is 0 Å². The van der Waals surface area contributed by atoms with Crippen LogP contribution in [0.1, 0.15) is 22.3 Å². The van der Waals surface area contributed by atoms with E-state index >= 15 is 0 Å². The first-order valence-corrected chi connectivity index (χ1v) is 7.39. The zero-order chi connectivity index (χ0) is 16.3. The molecule has 2 aromatic rings. The Balaban J connectivity index is 2.23. The SMILES string of the molecule is COc1ccc(-c2nc(C)c(C(=O)N[C@@H](C)C(=O)O)s2)cc1. The largest absolute Gasteiger partial charge is 0.497 e. The van der Waals surface area contributed by atoms with Crippen LogP contribution in [-0.2, 0) is 4.79 Å². The second-order valence-electron chi connectivity index (χ2n) is 4.70. The molecule has 0 unspecified atom stereocenters. The number of rotatable bonds is 5. The number of carboxylic acid groups (broad SMARTS) is 1. The van der Waals surface area contributed by atoms with E-state index in [2.05, 4.69) is 10.3 Å². The zero-order valence-corrected chi connectivity index (χ0v) is 13.2. The number of amides is 1. The van der Waals surface area contributed by atoms with E-state index in [-0.39, 0.29) is 0 Å². The molecule has 7 heteroatoms. The summed E-state index contributed by atoms with van der Waals surface area (Å²) in [6.07, 6.45) is 0. The molecule has 1 aromatic carbocycles. The minimum absolute atomic E-state index is 0.416. The predicted molar refractivity (Wildman–Crippen MR) is 83.4 cm³/mol. The Morgan fingerprint density at radius 2 is 1.95 bits per heavy atom. The van der Waals surface area contributed by atoms with Crippen LogP contribution in [-0.4, -0.2) is 35.1 Å². The van der Waals surface area contributed by atoms with Crippen molar-refractivity contribution in [1.29, 1.82) is 0 Å². The van der Waals surface area contributed by atoms with Crippen molar-refractivity contribution in [1.82, 2.24) is 10.3 Å². The van der Waals surface area contributed by atoms with Gasteiger partial charge in [-0.25, -0.2) is 4.98 Å². The highest BCUT2D eigenvalue weighted by Gasteiger charge is 2.20. The van der Waals surface area contributed by atoms with Crippen LogP contribution in [0.3, 0.4) is 0 Å². The number of carboxylic acids is 1. The van der Waals surface area contributed by atoms with Gasteiger partial charge in [0.1, 0.15) is 21.7 Å². The number of aryl methyl sites for hydroxylation is 1. The van der Waals surface area contributed by atoms with E-state index in [4.69, 9.17) is 9.84 Å². The van der Waals surface area contributed by atoms with Crippen LogP contribution in [0.15, 0.2) is 24.3 Å². The third-order valence-corrected chi connectivity index (χ3v) is 4.26. The normalized spacial score (nSPS) is 11.8. The quantitative estimate of drug-likeness (QED) is 0.882. The molecule has 1 atom stereocenters. The fourth-order valence-electron chi connectivity index (χ4n) is 1.79. The summed E-state index contributed by atoms with van der Waals surface area (Å²) in [7, 11) is 1.59. The standard InChI is InChI=1S/C15H16N2O4S/c1-8-12(13(18)16-9(2)15(19)20)22-14(17-8)10-4-6-11(21-3)7-5-10/h4-7,9H,1-3H3,(H,16,18)(H,19,20)/t9-/m0/s1. The molecule has 22 heavy (non-hydrogen) atoms. The van der Waals surface area contributed by atoms with Crippen molar-refractivity contribution in [3.8, 4) is 16.3 Å². The molecule has 0 saturated carbocycles. The number of carbonyl (C=O) groups excluding carboxylic acids is 1. The van der Waals surface area contributed by atoms with E-state index in [1.54, 1.807) is 14.0 Å². The molecule has 2 N–H and O–H groups in total. The molecule has 0 aliphatic carbocycles. The molecule has 116 valence electrons. The molecule has 2 rings (SSSR count). The van der Waals surface area contributed by atoms with Gasteiger partial charge in [0.05, 0.1) is 12.8 Å². The number of hydrogen-bond donors (Lipinski definition) is 2. The number of ether oxygens (including phenoxy) is 1. The van der Waals surface area contributed by atoms with Crippen LogP contribution in [0.2, 0.25) is 0 Å². The number of benzene rings is 1. The lowest BCUT2D eigenvalue weighted by atomic mass is 10.2. The van der Waals surface area contributed by atoms with Crippen molar-refractivity contribution in [2.45, 2.75) is 19.9 Å². The average molecular weight is 320 g/mol. The van der Waals surface area contributed by atoms with Crippen molar-refractivity contribution in [3.05, 3.63) is 34.8 Å². The van der Waals surface area contributed by atoms with Crippen molar-refractivity contribution in [3.63, 3.8) is 0 Å². The molecule has 1 aromatic heterocycles. The summed E-state index contributed by atoms with van der Waals surface area (Å²) in [5.74, 6) is -0.763. The van der Waals surface area contributed by atoms with E-state index in [0.717, 1.165) is 11.3 Å². The lowest BCUT2D eigenvalue weighted by molar-refractivity contribution is -0.138. The second kappa shape index (κ2) is 6.57. The molecular formula is C15H16N2O4S. The van der Waals surface area contributed by atoms with Crippen molar-refractivity contribution < 1.29 is 19.4 Å². The molecule has 1 amide bonds. The predicted octanol–water partition coefficient (Wildman–Crippen LogP) is 2.33. The van der Waals surface area contributed by atoms with Crippen LogP contribution >= 0.6 is 11.3 Å². The maximum absolute atomic E-state index is 12.1. The van der Waals surface area contributed by atoms with E-state index in [0.29, 0.717) is 15.6 Å². The van der Waals surface area contributed by atoms with E-state index in [9.17, 15) is 9.59 Å². The Morgan fingerprint density at radius 1 is 1.32 bits per heavy atom. The lowest BCUT2D eigenvalue weighted by Gasteiger charge is -2.07. The summed E-state index contributed by atoms with van der Waals surface area (Å²) in [4.78, 5) is 27.7. The maximum Gasteiger partial charge on any atom is 0.325 e. The summed E-state index contributed by atoms with van der Waals surface area (Å²) in [6.45, 7) is 3.14. The number of aliphatic carboxylic acids is 1. The molecule has 0 radical (unpaired) electrons. The van der Waals surface area contributed by atoms with Crippen LogP contribution in [0.5, 0.6) is 5.75 Å². The van der Waals surface area contributed by atoms with Crippen molar-refractivity contribution >= 4 is 23.2 Å². The smallest absolute Gasteiger partial charge is 0.325 e. The minimum atomic E-state index is -1.08. The highest BCUT2D eigenvalue weighted by atomic mass is 32.1. The van der Waals surface area contributed by atoms with Crippen LogP contribution in [0.25, 0.3) is 10.6 Å². The molecule has 0 aliphatic heterocycles. The first kappa shape index (κ1) is 16.0. The number of methoxy groups -OCH3 is 1. The molecular weight excluding hydrogens is 304 g/mol. The van der Waals surface area contributed by atoms with Gasteiger partial charge in [0.15, 0.2) is 0 Å². The van der Waals surface area contributed by atoms with E-state index in [1.807, 2.05) is 24.3 Å². The van der Waals surface area contributed by atoms with Gasteiger partial charge in [-0.1, -0.05) is 0 Å². The Hall–Kier alpha value is -2.41. The first-order chi connectivity index (χ1) is 10.4. The number of carbonyl (C=O) groups is 2. The molecule has 6 nitrogen and oxygen atoms in total. The van der Waals surface area contributed by atoms with Gasteiger partial charge in [-0.2, -0.15) is 0 Å².